The minimum Gasteiger partial charge on any atom is -0.394 e. The minimum atomic E-state index is -0.362. The van der Waals surface area contributed by atoms with E-state index in [-0.39, 0.29) is 28.9 Å². The molecule has 1 aromatic rings. The summed E-state index contributed by atoms with van der Waals surface area (Å²) in [7, 11) is 1.51. The van der Waals surface area contributed by atoms with Crippen LogP contribution < -0.4 is 27.7 Å². The van der Waals surface area contributed by atoms with Gasteiger partial charge in [0, 0.05) is 25.0 Å². The van der Waals surface area contributed by atoms with Gasteiger partial charge in [-0.05, 0) is 23.6 Å². The van der Waals surface area contributed by atoms with E-state index in [9.17, 15) is 9.59 Å². The van der Waals surface area contributed by atoms with Crippen molar-refractivity contribution in [3.63, 3.8) is 0 Å². The third-order valence-electron chi connectivity index (χ3n) is 2.78. The zero-order valence-electron chi connectivity index (χ0n) is 12.4. The van der Waals surface area contributed by atoms with Gasteiger partial charge in [-0.15, -0.1) is 0 Å². The lowest BCUT2D eigenvalue weighted by Gasteiger charge is -2.13. The third kappa shape index (κ3) is 4.72. The summed E-state index contributed by atoms with van der Waals surface area (Å²) >= 11 is 0. The Morgan fingerprint density at radius 3 is 2.57 bits per heavy atom. The molecule has 0 atom stereocenters. The van der Waals surface area contributed by atoms with E-state index in [1.165, 1.54) is 19.3 Å². The highest BCUT2D eigenvalue weighted by atomic mass is 16.2. The summed E-state index contributed by atoms with van der Waals surface area (Å²) in [5.41, 5.74) is 12.8. The van der Waals surface area contributed by atoms with Gasteiger partial charge in [-0.3, -0.25) is 9.59 Å². The van der Waals surface area contributed by atoms with Gasteiger partial charge in [-0.1, -0.05) is 13.8 Å². The van der Waals surface area contributed by atoms with Crippen molar-refractivity contribution in [3.8, 4) is 0 Å². The second-order valence-corrected chi connectivity index (χ2v) is 4.77. The number of amides is 1. The Bertz CT molecular complexity index is 628. The Labute approximate surface area is 123 Å². The molecule has 1 heterocycles. The van der Waals surface area contributed by atoms with Crippen LogP contribution in [0.25, 0.3) is 0 Å². The van der Waals surface area contributed by atoms with Gasteiger partial charge >= 0.3 is 0 Å². The van der Waals surface area contributed by atoms with Crippen LogP contribution in [0.5, 0.6) is 0 Å². The molecular weight excluding hydrogens is 270 g/mol. The number of aromatic nitrogens is 1. The van der Waals surface area contributed by atoms with Crippen molar-refractivity contribution in [1.29, 1.82) is 0 Å². The number of nitrogens with two attached hydrogens (primary N) is 2. The molecule has 0 unspecified atom stereocenters. The van der Waals surface area contributed by atoms with Crippen LogP contribution in [0.1, 0.15) is 13.8 Å². The van der Waals surface area contributed by atoms with Gasteiger partial charge in [0.2, 0.25) is 5.56 Å². The van der Waals surface area contributed by atoms with Crippen LogP contribution >= 0.6 is 0 Å². The van der Waals surface area contributed by atoms with E-state index < -0.39 is 0 Å². The topological polar surface area (TPSA) is 126 Å². The number of pyridine rings is 1. The molecule has 21 heavy (non-hydrogen) atoms. The summed E-state index contributed by atoms with van der Waals surface area (Å²) in [6, 6.07) is 3.05. The number of likely N-dealkylation sites (N-methyl/N-ethyl adjacent to an activating group) is 1. The zero-order chi connectivity index (χ0) is 16.0. The van der Waals surface area contributed by atoms with Gasteiger partial charge in [-0.2, -0.15) is 0 Å². The average molecular weight is 291 g/mol. The molecule has 114 valence electrons. The summed E-state index contributed by atoms with van der Waals surface area (Å²) in [6.45, 7) is 3.81. The van der Waals surface area contributed by atoms with E-state index in [1.54, 1.807) is 12.1 Å². The molecule has 0 saturated heterocycles. The van der Waals surface area contributed by atoms with Crippen molar-refractivity contribution in [2.45, 2.75) is 13.8 Å². The Hall–Kier alpha value is -2.70. The summed E-state index contributed by atoms with van der Waals surface area (Å²) in [6.07, 6.45) is 3.10. The molecular formula is C14H21N5O2. The van der Waals surface area contributed by atoms with Crippen molar-refractivity contribution >= 4 is 11.6 Å². The summed E-state index contributed by atoms with van der Waals surface area (Å²) in [5.74, 6) is -0.0584. The largest absolute Gasteiger partial charge is 0.394 e. The molecule has 0 radical (unpaired) electrons. The van der Waals surface area contributed by atoms with E-state index in [4.69, 9.17) is 11.5 Å². The van der Waals surface area contributed by atoms with Gasteiger partial charge < -0.3 is 27.1 Å². The number of hydrogen-bond donors (Lipinski definition) is 5. The molecule has 0 aliphatic rings. The second-order valence-electron chi connectivity index (χ2n) is 4.77. The first-order valence-electron chi connectivity index (χ1n) is 6.49. The van der Waals surface area contributed by atoms with Crippen molar-refractivity contribution in [2.75, 3.05) is 12.4 Å². The van der Waals surface area contributed by atoms with Crippen LogP contribution in [0.3, 0.4) is 0 Å². The second kappa shape index (κ2) is 7.18. The van der Waals surface area contributed by atoms with Gasteiger partial charge in [0.1, 0.15) is 11.5 Å². The molecule has 7 N–H and O–H groups in total. The Morgan fingerprint density at radius 2 is 2.05 bits per heavy atom. The number of hydrogen-bond acceptors (Lipinski definition) is 5. The fourth-order valence-electron chi connectivity index (χ4n) is 1.71. The Balaban J connectivity index is 3.06. The number of aromatic amines is 1. The van der Waals surface area contributed by atoms with Crippen LogP contribution in [0.4, 0.5) is 5.69 Å². The summed E-state index contributed by atoms with van der Waals surface area (Å²) in [4.78, 5) is 25.3. The smallest absolute Gasteiger partial charge is 0.267 e. The maximum absolute atomic E-state index is 11.6. The maximum atomic E-state index is 11.6. The first kappa shape index (κ1) is 16.4. The number of rotatable bonds is 5. The van der Waals surface area contributed by atoms with Crippen molar-refractivity contribution in [2.24, 2.45) is 17.4 Å². The molecule has 0 fully saturated rings. The standard InChI is InChI=1S/C14H21N5O2/c1-8(2)10(13(16)14(21)17-3)7-11(15)19-9-4-5-18-12(20)6-9/h4-8H,15-16H2,1-3H3,(H,17,21)(H2,18,19,20)/b11-7+,13-10+. The average Bonchev–Trinajstić information content (AvgIpc) is 2.42. The molecule has 1 rings (SSSR count). The zero-order valence-corrected chi connectivity index (χ0v) is 12.4. The minimum absolute atomic E-state index is 0.0156. The van der Waals surface area contributed by atoms with Crippen LogP contribution in [-0.4, -0.2) is 17.9 Å². The van der Waals surface area contributed by atoms with Crippen LogP contribution in [-0.2, 0) is 4.79 Å². The highest BCUT2D eigenvalue weighted by Gasteiger charge is 2.12. The summed E-state index contributed by atoms with van der Waals surface area (Å²) in [5, 5.41) is 5.35. The molecule has 7 heteroatoms. The SMILES string of the molecule is CNC(=O)/C(N)=C(/C=C(\N)Nc1cc[nH]c(=O)c1)C(C)C. The predicted octanol–water partition coefficient (Wildman–Crippen LogP) is 0.202. The molecule has 0 aromatic carbocycles. The fourth-order valence-corrected chi connectivity index (χ4v) is 1.71. The van der Waals surface area contributed by atoms with Gasteiger partial charge in [0.05, 0.1) is 0 Å². The van der Waals surface area contributed by atoms with E-state index in [1.807, 2.05) is 13.8 Å². The van der Waals surface area contributed by atoms with E-state index in [0.29, 0.717) is 11.3 Å². The molecule has 0 aliphatic carbocycles. The molecule has 0 spiro atoms. The van der Waals surface area contributed by atoms with Gasteiger partial charge in [0.15, 0.2) is 0 Å². The van der Waals surface area contributed by atoms with Crippen LogP contribution in [0.2, 0.25) is 0 Å². The maximum Gasteiger partial charge on any atom is 0.267 e. The number of allylic oxidation sites excluding steroid dienone is 2. The van der Waals surface area contributed by atoms with Crippen LogP contribution in [0, 0.1) is 5.92 Å². The van der Waals surface area contributed by atoms with E-state index in [2.05, 4.69) is 15.6 Å². The van der Waals surface area contributed by atoms with Crippen LogP contribution in [0.15, 0.2) is 46.3 Å². The van der Waals surface area contributed by atoms with E-state index in [0.717, 1.165) is 0 Å². The highest BCUT2D eigenvalue weighted by molar-refractivity contribution is 5.93. The molecule has 0 bridgehead atoms. The molecule has 0 aliphatic heterocycles. The number of carbonyl (C=O) groups excluding carboxylic acids is 1. The van der Waals surface area contributed by atoms with E-state index >= 15 is 0 Å². The Kier molecular flexibility index (Phi) is 5.59. The lowest BCUT2D eigenvalue weighted by Crippen LogP contribution is -2.27. The Morgan fingerprint density at radius 1 is 1.38 bits per heavy atom. The number of anilines is 1. The van der Waals surface area contributed by atoms with Gasteiger partial charge in [-0.25, -0.2) is 0 Å². The first-order valence-corrected chi connectivity index (χ1v) is 6.49. The highest BCUT2D eigenvalue weighted by Crippen LogP contribution is 2.15. The molecule has 1 amide bonds. The molecule has 7 nitrogen and oxygen atoms in total. The van der Waals surface area contributed by atoms with Crippen molar-refractivity contribution in [1.82, 2.24) is 10.3 Å². The lowest BCUT2D eigenvalue weighted by atomic mass is 10.00. The van der Waals surface area contributed by atoms with Gasteiger partial charge in [0.25, 0.3) is 5.91 Å². The van der Waals surface area contributed by atoms with Crippen molar-refractivity contribution < 1.29 is 4.79 Å². The number of H-pyrrole nitrogens is 1. The third-order valence-corrected chi connectivity index (χ3v) is 2.78. The molecule has 0 saturated carbocycles. The number of nitrogens with one attached hydrogen (secondary N) is 3. The molecule has 1 aromatic heterocycles. The lowest BCUT2D eigenvalue weighted by molar-refractivity contribution is -0.117. The number of carbonyl (C=O) groups is 1. The summed E-state index contributed by atoms with van der Waals surface area (Å²) < 4.78 is 0. The van der Waals surface area contributed by atoms with Crippen molar-refractivity contribution in [3.05, 3.63) is 51.9 Å². The predicted molar refractivity (Wildman–Crippen MR) is 83.1 cm³/mol. The first-order chi connectivity index (χ1) is 9.85. The fraction of sp³-hybridized carbons (Fsp3) is 0.286. The normalized spacial score (nSPS) is 12.9. The monoisotopic (exact) mass is 291 g/mol. The quantitative estimate of drug-likeness (QED) is 0.391.